The molecule has 0 unspecified atom stereocenters. The van der Waals surface area contributed by atoms with E-state index >= 15 is 0 Å². The van der Waals surface area contributed by atoms with Crippen LogP contribution in [0.25, 0.3) is 11.1 Å². The van der Waals surface area contributed by atoms with Crippen LogP contribution in [0, 0.1) is 5.92 Å². The Hall–Kier alpha value is -2.39. The molecule has 122 valence electrons. The highest BCUT2D eigenvalue weighted by Crippen LogP contribution is 2.28. The van der Waals surface area contributed by atoms with Gasteiger partial charge >= 0.3 is 0 Å². The number of carbonyl (C=O) groups excluding carboxylic acids is 1. The number of nitrogens with one attached hydrogen (secondary N) is 1. The van der Waals surface area contributed by atoms with Gasteiger partial charge in [0, 0.05) is 10.8 Å². The van der Waals surface area contributed by atoms with E-state index in [-0.39, 0.29) is 5.91 Å². The van der Waals surface area contributed by atoms with E-state index in [1.54, 1.807) is 11.3 Å². The Morgan fingerprint density at radius 3 is 1.92 bits per heavy atom. The molecule has 2 nitrogen and oxygen atoms in total. The van der Waals surface area contributed by atoms with Crippen LogP contribution in [0.2, 0.25) is 0 Å². The van der Waals surface area contributed by atoms with Crippen LogP contribution in [0.1, 0.15) is 17.7 Å². The maximum Gasteiger partial charge on any atom is 0.223 e. The molecule has 0 saturated heterocycles. The van der Waals surface area contributed by atoms with E-state index in [1.807, 2.05) is 29.6 Å². The Morgan fingerprint density at radius 1 is 0.875 bits per heavy atom. The number of rotatable bonds is 4. The standard InChI is InChI=1S/C12H10.C9H11NOS/c1-3-7-11(8-4-1)12-9-5-2-6-10-12;11-9(7-3-4-7)10-6-8-2-1-5-12-8/h1-10H;1-2,5,7H,3-4,6H2,(H,10,11). The molecule has 1 saturated carbocycles. The summed E-state index contributed by atoms with van der Waals surface area (Å²) in [4.78, 5) is 12.4. The third-order valence-corrected chi connectivity index (χ3v) is 4.72. The molecule has 1 fully saturated rings. The molecule has 3 aromatic rings. The van der Waals surface area contributed by atoms with Crippen LogP contribution >= 0.6 is 11.3 Å². The van der Waals surface area contributed by atoms with Crippen LogP contribution in [-0.2, 0) is 11.3 Å². The molecule has 1 N–H and O–H groups in total. The van der Waals surface area contributed by atoms with Crippen molar-refractivity contribution in [2.45, 2.75) is 19.4 Å². The predicted molar refractivity (Wildman–Crippen MR) is 101 cm³/mol. The number of hydrogen-bond donors (Lipinski definition) is 1. The van der Waals surface area contributed by atoms with Gasteiger partial charge in [-0.3, -0.25) is 4.79 Å². The van der Waals surface area contributed by atoms with Crippen molar-refractivity contribution >= 4 is 17.2 Å². The zero-order valence-electron chi connectivity index (χ0n) is 13.5. The van der Waals surface area contributed by atoms with E-state index in [9.17, 15) is 4.79 Å². The van der Waals surface area contributed by atoms with E-state index in [0.717, 1.165) is 12.8 Å². The molecule has 0 atom stereocenters. The highest BCUT2D eigenvalue weighted by molar-refractivity contribution is 7.09. The lowest BCUT2D eigenvalue weighted by atomic mass is 10.1. The third kappa shape index (κ3) is 5.07. The number of amides is 1. The Morgan fingerprint density at radius 2 is 1.46 bits per heavy atom. The molecule has 0 aliphatic heterocycles. The van der Waals surface area contributed by atoms with Crippen LogP contribution in [-0.4, -0.2) is 5.91 Å². The van der Waals surface area contributed by atoms with Gasteiger partial charge in [0.15, 0.2) is 0 Å². The molecule has 24 heavy (non-hydrogen) atoms. The second-order valence-electron chi connectivity index (χ2n) is 5.80. The summed E-state index contributed by atoms with van der Waals surface area (Å²) in [6, 6.07) is 24.8. The van der Waals surface area contributed by atoms with Crippen LogP contribution in [0.15, 0.2) is 78.2 Å². The van der Waals surface area contributed by atoms with Crippen molar-refractivity contribution < 1.29 is 4.79 Å². The summed E-state index contributed by atoms with van der Waals surface area (Å²) < 4.78 is 0. The molecule has 1 aromatic heterocycles. The molecule has 2 aromatic carbocycles. The molecule has 0 spiro atoms. The zero-order chi connectivity index (χ0) is 16.6. The van der Waals surface area contributed by atoms with Crippen molar-refractivity contribution in [2.75, 3.05) is 0 Å². The van der Waals surface area contributed by atoms with Gasteiger partial charge in [-0.25, -0.2) is 0 Å². The van der Waals surface area contributed by atoms with E-state index in [4.69, 9.17) is 0 Å². The maximum atomic E-state index is 11.2. The Kier molecular flexibility index (Phi) is 5.80. The summed E-state index contributed by atoms with van der Waals surface area (Å²) in [6.07, 6.45) is 2.16. The largest absolute Gasteiger partial charge is 0.351 e. The quantitative estimate of drug-likeness (QED) is 0.704. The van der Waals surface area contributed by atoms with Crippen molar-refractivity contribution in [2.24, 2.45) is 5.92 Å². The van der Waals surface area contributed by atoms with Crippen molar-refractivity contribution in [1.29, 1.82) is 0 Å². The van der Waals surface area contributed by atoms with Gasteiger partial charge in [-0.15, -0.1) is 11.3 Å². The number of thiophene rings is 1. The van der Waals surface area contributed by atoms with Crippen molar-refractivity contribution in [1.82, 2.24) is 5.32 Å². The fourth-order valence-corrected chi connectivity index (χ4v) is 2.98. The Labute approximate surface area is 147 Å². The first-order chi connectivity index (χ1) is 11.8. The van der Waals surface area contributed by atoms with Crippen LogP contribution < -0.4 is 5.32 Å². The van der Waals surface area contributed by atoms with Gasteiger partial charge in [0.2, 0.25) is 5.91 Å². The highest BCUT2D eigenvalue weighted by atomic mass is 32.1. The fraction of sp³-hybridized carbons (Fsp3) is 0.190. The third-order valence-electron chi connectivity index (χ3n) is 3.85. The molecular weight excluding hydrogens is 314 g/mol. The maximum absolute atomic E-state index is 11.2. The summed E-state index contributed by atoms with van der Waals surface area (Å²) in [5, 5.41) is 4.94. The summed E-state index contributed by atoms with van der Waals surface area (Å²) >= 11 is 1.68. The first-order valence-corrected chi connectivity index (χ1v) is 9.11. The van der Waals surface area contributed by atoms with Gasteiger partial charge in [0.25, 0.3) is 0 Å². The van der Waals surface area contributed by atoms with E-state index < -0.39 is 0 Å². The second kappa shape index (κ2) is 8.46. The van der Waals surface area contributed by atoms with Gasteiger partial charge in [-0.05, 0) is 35.4 Å². The SMILES string of the molecule is O=C(NCc1cccs1)C1CC1.c1ccc(-c2ccccc2)cc1. The lowest BCUT2D eigenvalue weighted by Crippen LogP contribution is -2.23. The molecule has 1 heterocycles. The monoisotopic (exact) mass is 335 g/mol. The number of benzene rings is 2. The summed E-state index contributed by atoms with van der Waals surface area (Å²) in [7, 11) is 0. The molecule has 1 amide bonds. The van der Waals surface area contributed by atoms with Crippen molar-refractivity contribution in [3.05, 3.63) is 83.1 Å². The average molecular weight is 335 g/mol. The minimum atomic E-state index is 0.225. The minimum absolute atomic E-state index is 0.225. The summed E-state index contributed by atoms with van der Waals surface area (Å²) in [5.41, 5.74) is 2.55. The van der Waals surface area contributed by atoms with E-state index in [1.165, 1.54) is 16.0 Å². The van der Waals surface area contributed by atoms with Crippen LogP contribution in [0.3, 0.4) is 0 Å². The lowest BCUT2D eigenvalue weighted by Gasteiger charge is -2.00. The lowest BCUT2D eigenvalue weighted by molar-refractivity contribution is -0.122. The van der Waals surface area contributed by atoms with Crippen molar-refractivity contribution in [3.8, 4) is 11.1 Å². The van der Waals surface area contributed by atoms with E-state index in [2.05, 4.69) is 53.8 Å². The number of carbonyl (C=O) groups is 1. The van der Waals surface area contributed by atoms with Gasteiger partial charge in [0.1, 0.15) is 0 Å². The molecule has 1 aliphatic carbocycles. The van der Waals surface area contributed by atoms with Crippen LogP contribution in [0.4, 0.5) is 0 Å². The predicted octanol–water partition coefficient (Wildman–Crippen LogP) is 5.13. The zero-order valence-corrected chi connectivity index (χ0v) is 14.3. The molecule has 3 heteroatoms. The Bertz CT molecular complexity index is 697. The summed E-state index contributed by atoms with van der Waals surface area (Å²) in [5.74, 6) is 0.549. The topological polar surface area (TPSA) is 29.1 Å². The first kappa shape index (κ1) is 16.5. The molecule has 0 bridgehead atoms. The summed E-state index contributed by atoms with van der Waals surface area (Å²) in [6.45, 7) is 0.701. The van der Waals surface area contributed by atoms with Gasteiger partial charge < -0.3 is 5.32 Å². The van der Waals surface area contributed by atoms with Gasteiger partial charge in [-0.1, -0.05) is 66.7 Å². The normalized spacial score (nSPS) is 12.8. The number of hydrogen-bond acceptors (Lipinski definition) is 2. The second-order valence-corrected chi connectivity index (χ2v) is 6.84. The Balaban J connectivity index is 0.000000141. The minimum Gasteiger partial charge on any atom is -0.351 e. The smallest absolute Gasteiger partial charge is 0.223 e. The highest BCUT2D eigenvalue weighted by Gasteiger charge is 2.29. The average Bonchev–Trinajstić information content (AvgIpc) is 3.38. The van der Waals surface area contributed by atoms with Crippen LogP contribution in [0.5, 0.6) is 0 Å². The van der Waals surface area contributed by atoms with Gasteiger partial charge in [-0.2, -0.15) is 0 Å². The van der Waals surface area contributed by atoms with Gasteiger partial charge in [0.05, 0.1) is 6.54 Å². The molecule has 4 rings (SSSR count). The molecule has 1 aliphatic rings. The molecule has 0 radical (unpaired) electrons. The van der Waals surface area contributed by atoms with Crippen molar-refractivity contribution in [3.63, 3.8) is 0 Å². The molecular formula is C21H21NOS. The fourth-order valence-electron chi connectivity index (χ4n) is 2.34. The first-order valence-electron chi connectivity index (χ1n) is 8.23. The van der Waals surface area contributed by atoms with E-state index in [0.29, 0.717) is 12.5 Å².